The highest BCUT2D eigenvalue weighted by atomic mass is 35.5. The van der Waals surface area contributed by atoms with Crippen LogP contribution >= 0.6 is 11.6 Å². The van der Waals surface area contributed by atoms with Crippen LogP contribution < -0.4 is 0 Å². The van der Waals surface area contributed by atoms with Gasteiger partial charge in [0.25, 0.3) is 0 Å². The minimum Gasteiger partial charge on any atom is -0.501 e. The lowest BCUT2D eigenvalue weighted by Crippen LogP contribution is -2.08. The van der Waals surface area contributed by atoms with Crippen molar-refractivity contribution < 1.29 is 9.84 Å². The molecule has 1 aliphatic heterocycles. The van der Waals surface area contributed by atoms with Crippen LogP contribution in [0.25, 0.3) is 0 Å². The Bertz CT molecular complexity index is 361. The smallest absolute Gasteiger partial charge is 0.120 e. The summed E-state index contributed by atoms with van der Waals surface area (Å²) in [6, 6.07) is 3.44. The number of nitrogens with zero attached hydrogens (tertiary/aromatic N) is 1. The van der Waals surface area contributed by atoms with Gasteiger partial charge in [0.15, 0.2) is 0 Å². The van der Waals surface area contributed by atoms with E-state index in [0.29, 0.717) is 10.7 Å². The number of ether oxygens (including phenoxy) is 1. The molecule has 1 unspecified atom stereocenters. The van der Waals surface area contributed by atoms with E-state index in [4.69, 9.17) is 16.3 Å². The number of hydrogen-bond acceptors (Lipinski definition) is 3. The predicted octanol–water partition coefficient (Wildman–Crippen LogP) is 2.46. The van der Waals surface area contributed by atoms with Gasteiger partial charge in [0, 0.05) is 6.20 Å². The van der Waals surface area contributed by atoms with Gasteiger partial charge in [-0.15, -0.1) is 0 Å². The molecule has 1 aromatic heterocycles. The van der Waals surface area contributed by atoms with E-state index in [0.717, 1.165) is 25.0 Å². The van der Waals surface area contributed by atoms with Gasteiger partial charge in [0.05, 0.1) is 23.6 Å². The summed E-state index contributed by atoms with van der Waals surface area (Å²) in [5.74, 6) is 0. The third-order valence-electron chi connectivity index (χ3n) is 2.34. The second-order valence-electron chi connectivity index (χ2n) is 3.47. The lowest BCUT2D eigenvalue weighted by atomic mass is 10.0. The number of aliphatic hydroxyl groups is 1. The first-order valence-corrected chi connectivity index (χ1v) is 5.25. The molecule has 0 amide bonds. The van der Waals surface area contributed by atoms with Crippen LogP contribution in [0.3, 0.4) is 0 Å². The highest BCUT2D eigenvalue weighted by Gasteiger charge is 2.17. The Labute approximate surface area is 93.4 Å². The van der Waals surface area contributed by atoms with Gasteiger partial charge >= 0.3 is 0 Å². The van der Waals surface area contributed by atoms with Crippen molar-refractivity contribution in [1.29, 1.82) is 0 Å². The fourth-order valence-corrected chi connectivity index (χ4v) is 1.64. The zero-order chi connectivity index (χ0) is 10.7. The lowest BCUT2D eigenvalue weighted by molar-refractivity contribution is 0.167. The van der Waals surface area contributed by atoms with Gasteiger partial charge in [-0.2, -0.15) is 0 Å². The summed E-state index contributed by atoms with van der Waals surface area (Å²) in [5.41, 5.74) is 1.48. The predicted molar refractivity (Wildman–Crippen MR) is 57.5 cm³/mol. The summed E-state index contributed by atoms with van der Waals surface area (Å²) in [6.45, 7) is 0.726. The van der Waals surface area contributed by atoms with Crippen LogP contribution in [0.5, 0.6) is 0 Å². The Kier molecular flexibility index (Phi) is 3.23. The third kappa shape index (κ3) is 2.49. The van der Waals surface area contributed by atoms with Crippen molar-refractivity contribution in [2.24, 2.45) is 0 Å². The second kappa shape index (κ2) is 4.64. The summed E-state index contributed by atoms with van der Waals surface area (Å²) >= 11 is 5.72. The van der Waals surface area contributed by atoms with E-state index in [1.165, 1.54) is 6.20 Å². The quantitative estimate of drug-likeness (QED) is 0.841. The monoisotopic (exact) mass is 225 g/mol. The summed E-state index contributed by atoms with van der Waals surface area (Å²) in [4.78, 5) is 4.08. The lowest BCUT2D eigenvalue weighted by Gasteiger charge is -2.18. The van der Waals surface area contributed by atoms with E-state index >= 15 is 0 Å². The van der Waals surface area contributed by atoms with Crippen molar-refractivity contribution in [2.75, 3.05) is 6.61 Å². The standard InChI is InChI=1S/C11H12ClNO2/c12-9-3-4-10(13-6-9)11(14)8-2-1-5-15-7-8/h3-4,6-7,11,14H,1-2,5H2. The van der Waals surface area contributed by atoms with Crippen LogP contribution in [0.15, 0.2) is 30.2 Å². The molecule has 1 N–H and O–H groups in total. The highest BCUT2D eigenvalue weighted by Crippen LogP contribution is 2.26. The maximum atomic E-state index is 9.98. The van der Waals surface area contributed by atoms with Crippen molar-refractivity contribution in [2.45, 2.75) is 18.9 Å². The molecule has 1 aliphatic rings. The first-order valence-electron chi connectivity index (χ1n) is 4.87. The molecule has 3 nitrogen and oxygen atoms in total. The maximum absolute atomic E-state index is 9.98. The van der Waals surface area contributed by atoms with Gasteiger partial charge < -0.3 is 9.84 Å². The number of hydrogen-bond donors (Lipinski definition) is 1. The molecule has 0 aromatic carbocycles. The van der Waals surface area contributed by atoms with Crippen LogP contribution in [-0.2, 0) is 4.74 Å². The topological polar surface area (TPSA) is 42.4 Å². The minimum absolute atomic E-state index is 0.569. The molecule has 1 atom stereocenters. The first kappa shape index (κ1) is 10.5. The Morgan fingerprint density at radius 1 is 1.47 bits per heavy atom. The number of aliphatic hydroxyl groups excluding tert-OH is 1. The zero-order valence-corrected chi connectivity index (χ0v) is 8.94. The van der Waals surface area contributed by atoms with Crippen LogP contribution in [0.1, 0.15) is 24.6 Å². The first-order chi connectivity index (χ1) is 7.27. The molecule has 2 heterocycles. The molecule has 15 heavy (non-hydrogen) atoms. The highest BCUT2D eigenvalue weighted by molar-refractivity contribution is 6.30. The summed E-state index contributed by atoms with van der Waals surface area (Å²) in [6.07, 6.45) is 4.28. The molecule has 0 radical (unpaired) electrons. The Balaban J connectivity index is 2.16. The number of halogens is 1. The maximum Gasteiger partial charge on any atom is 0.120 e. The van der Waals surface area contributed by atoms with E-state index < -0.39 is 6.10 Å². The Morgan fingerprint density at radius 3 is 2.93 bits per heavy atom. The molecule has 0 saturated heterocycles. The van der Waals surface area contributed by atoms with Gasteiger partial charge in [-0.25, -0.2) is 0 Å². The van der Waals surface area contributed by atoms with Crippen molar-refractivity contribution in [3.63, 3.8) is 0 Å². The molecule has 1 aromatic rings. The fourth-order valence-electron chi connectivity index (χ4n) is 1.52. The van der Waals surface area contributed by atoms with Gasteiger partial charge in [-0.1, -0.05) is 11.6 Å². The van der Waals surface area contributed by atoms with Crippen molar-refractivity contribution in [3.8, 4) is 0 Å². The van der Waals surface area contributed by atoms with Crippen molar-refractivity contribution in [1.82, 2.24) is 4.98 Å². The molecular weight excluding hydrogens is 214 g/mol. The largest absolute Gasteiger partial charge is 0.501 e. The second-order valence-corrected chi connectivity index (χ2v) is 3.91. The minimum atomic E-state index is -0.678. The van der Waals surface area contributed by atoms with E-state index in [1.807, 2.05) is 0 Å². The van der Waals surface area contributed by atoms with Crippen LogP contribution in [0.2, 0.25) is 5.02 Å². The normalized spacial score (nSPS) is 17.9. The Hall–Kier alpha value is -1.06. The fraction of sp³-hybridized carbons (Fsp3) is 0.364. The van der Waals surface area contributed by atoms with Crippen molar-refractivity contribution in [3.05, 3.63) is 40.9 Å². The summed E-state index contributed by atoms with van der Waals surface area (Å²) in [5, 5.41) is 10.6. The Morgan fingerprint density at radius 2 is 2.33 bits per heavy atom. The molecule has 80 valence electrons. The van der Waals surface area contributed by atoms with Crippen molar-refractivity contribution >= 4 is 11.6 Å². The molecule has 2 rings (SSSR count). The molecule has 0 fully saturated rings. The van der Waals surface area contributed by atoms with Crippen LogP contribution in [0.4, 0.5) is 0 Å². The van der Waals surface area contributed by atoms with Gasteiger partial charge in [-0.05, 0) is 30.5 Å². The number of aromatic nitrogens is 1. The SMILES string of the molecule is OC(C1=COCCC1)c1ccc(Cl)cn1. The van der Waals surface area contributed by atoms with E-state index in [1.54, 1.807) is 18.4 Å². The molecule has 0 saturated carbocycles. The third-order valence-corrected chi connectivity index (χ3v) is 2.57. The van der Waals surface area contributed by atoms with Gasteiger partial charge in [-0.3, -0.25) is 4.98 Å². The van der Waals surface area contributed by atoms with E-state index in [9.17, 15) is 5.11 Å². The molecular formula is C11H12ClNO2. The summed E-state index contributed by atoms with van der Waals surface area (Å²) < 4.78 is 5.17. The van der Waals surface area contributed by atoms with Gasteiger partial charge in [0.1, 0.15) is 6.10 Å². The van der Waals surface area contributed by atoms with Crippen LogP contribution in [0, 0.1) is 0 Å². The van der Waals surface area contributed by atoms with E-state index in [-0.39, 0.29) is 0 Å². The van der Waals surface area contributed by atoms with E-state index in [2.05, 4.69) is 4.98 Å². The molecule has 0 spiro atoms. The number of pyridine rings is 1. The average molecular weight is 226 g/mol. The van der Waals surface area contributed by atoms with Gasteiger partial charge in [0.2, 0.25) is 0 Å². The zero-order valence-electron chi connectivity index (χ0n) is 8.19. The van der Waals surface area contributed by atoms with Crippen LogP contribution in [-0.4, -0.2) is 16.7 Å². The molecule has 0 aliphatic carbocycles. The molecule has 4 heteroatoms. The number of rotatable bonds is 2. The molecule has 0 bridgehead atoms. The average Bonchev–Trinajstić information content (AvgIpc) is 2.30. The summed E-state index contributed by atoms with van der Waals surface area (Å²) in [7, 11) is 0.